The molecule has 31 heavy (non-hydrogen) atoms. The molecule has 1 N–H and O–H groups in total. The van der Waals surface area contributed by atoms with Crippen molar-refractivity contribution in [3.8, 4) is 6.07 Å². The molecule has 0 aliphatic heterocycles. The molecule has 1 heterocycles. The van der Waals surface area contributed by atoms with Crippen molar-refractivity contribution in [3.05, 3.63) is 71.9 Å². The second kappa shape index (κ2) is 10.0. The van der Waals surface area contributed by atoms with Gasteiger partial charge in [-0.05, 0) is 31.2 Å². The van der Waals surface area contributed by atoms with Crippen molar-refractivity contribution in [2.75, 3.05) is 11.9 Å². The first-order valence-electron chi connectivity index (χ1n) is 9.69. The van der Waals surface area contributed by atoms with Crippen LogP contribution in [0.1, 0.15) is 29.3 Å². The summed E-state index contributed by atoms with van der Waals surface area (Å²) >= 11 is 0. The number of hydrogen-bond donors (Lipinski definition) is 1. The molecule has 0 fully saturated rings. The third kappa shape index (κ3) is 5.46. The maximum absolute atomic E-state index is 12.1. The molecular weight excluding hydrogens is 394 g/mol. The zero-order valence-corrected chi connectivity index (χ0v) is 17.0. The molecule has 3 aromatic rings. The zero-order chi connectivity index (χ0) is 22.2. The number of benzene rings is 2. The minimum absolute atomic E-state index is 0.176. The molecule has 1 aromatic heterocycles. The lowest BCUT2D eigenvalue weighted by molar-refractivity contribution is -0.142. The molecule has 156 valence electrons. The minimum atomic E-state index is -0.663. The highest BCUT2D eigenvalue weighted by atomic mass is 16.5. The van der Waals surface area contributed by atoms with Gasteiger partial charge in [0.05, 0.1) is 18.2 Å². The van der Waals surface area contributed by atoms with Crippen molar-refractivity contribution < 1.29 is 19.1 Å². The van der Waals surface area contributed by atoms with Crippen molar-refractivity contribution in [1.82, 2.24) is 4.57 Å². The van der Waals surface area contributed by atoms with Crippen LogP contribution in [0, 0.1) is 11.3 Å². The van der Waals surface area contributed by atoms with Crippen molar-refractivity contribution in [2.24, 2.45) is 0 Å². The van der Waals surface area contributed by atoms with Gasteiger partial charge in [0.25, 0.3) is 5.91 Å². The fourth-order valence-corrected chi connectivity index (χ4v) is 3.19. The number of ether oxygens (including phenoxy) is 1. The van der Waals surface area contributed by atoms with E-state index in [-0.39, 0.29) is 5.78 Å². The highest BCUT2D eigenvalue weighted by Gasteiger charge is 2.11. The predicted molar refractivity (Wildman–Crippen MR) is 117 cm³/mol. The van der Waals surface area contributed by atoms with E-state index in [0.29, 0.717) is 24.2 Å². The maximum Gasteiger partial charge on any atom is 0.331 e. The highest BCUT2D eigenvalue weighted by molar-refractivity contribution is 6.04. The zero-order valence-electron chi connectivity index (χ0n) is 17.0. The van der Waals surface area contributed by atoms with E-state index >= 15 is 0 Å². The summed E-state index contributed by atoms with van der Waals surface area (Å²) in [6, 6.07) is 16.4. The van der Waals surface area contributed by atoms with Crippen LogP contribution in [0.25, 0.3) is 17.0 Å². The Labute approximate surface area is 179 Å². The number of para-hydroxylation sites is 2. The molecule has 0 bridgehead atoms. The fourth-order valence-electron chi connectivity index (χ4n) is 3.19. The SMILES string of the molecule is CC(=O)c1ccccc1NC(=O)COC(=O)/C=C/c1cn(CCC#N)c2ccccc12. The number of hydrogen-bond acceptors (Lipinski definition) is 5. The monoisotopic (exact) mass is 415 g/mol. The lowest BCUT2D eigenvalue weighted by Gasteiger charge is -2.08. The summed E-state index contributed by atoms with van der Waals surface area (Å²) in [5.74, 6) is -1.38. The summed E-state index contributed by atoms with van der Waals surface area (Å²) in [5, 5.41) is 12.4. The second-order valence-electron chi connectivity index (χ2n) is 6.79. The van der Waals surface area contributed by atoms with Crippen LogP contribution in [0.5, 0.6) is 0 Å². The molecule has 0 spiro atoms. The third-order valence-corrected chi connectivity index (χ3v) is 4.61. The van der Waals surface area contributed by atoms with E-state index in [1.807, 2.05) is 35.0 Å². The molecule has 0 aliphatic carbocycles. The lowest BCUT2D eigenvalue weighted by atomic mass is 10.1. The van der Waals surface area contributed by atoms with Crippen LogP contribution >= 0.6 is 0 Å². The van der Waals surface area contributed by atoms with E-state index in [1.165, 1.54) is 13.0 Å². The molecule has 0 radical (unpaired) electrons. The number of rotatable bonds is 8. The summed E-state index contributed by atoms with van der Waals surface area (Å²) in [7, 11) is 0. The van der Waals surface area contributed by atoms with Crippen LogP contribution in [-0.2, 0) is 20.9 Å². The van der Waals surface area contributed by atoms with Gasteiger partial charge in [0.1, 0.15) is 0 Å². The summed E-state index contributed by atoms with van der Waals surface area (Å²) < 4.78 is 6.97. The van der Waals surface area contributed by atoms with Gasteiger partial charge in [-0.1, -0.05) is 30.3 Å². The molecule has 3 rings (SSSR count). The minimum Gasteiger partial charge on any atom is -0.452 e. The van der Waals surface area contributed by atoms with Gasteiger partial charge >= 0.3 is 5.97 Å². The average molecular weight is 415 g/mol. The second-order valence-corrected chi connectivity index (χ2v) is 6.79. The molecule has 7 nitrogen and oxygen atoms in total. The molecule has 2 aromatic carbocycles. The molecule has 1 amide bonds. The maximum atomic E-state index is 12.1. The first-order valence-corrected chi connectivity index (χ1v) is 9.69. The van der Waals surface area contributed by atoms with E-state index < -0.39 is 18.5 Å². The van der Waals surface area contributed by atoms with Crippen molar-refractivity contribution in [2.45, 2.75) is 19.9 Å². The lowest BCUT2D eigenvalue weighted by Crippen LogP contribution is -2.21. The van der Waals surface area contributed by atoms with Crippen molar-refractivity contribution in [1.29, 1.82) is 5.26 Å². The molecule has 0 unspecified atom stereocenters. The van der Waals surface area contributed by atoms with Crippen LogP contribution in [0.15, 0.2) is 60.8 Å². The van der Waals surface area contributed by atoms with Gasteiger partial charge in [0.2, 0.25) is 0 Å². The van der Waals surface area contributed by atoms with E-state index in [1.54, 1.807) is 30.3 Å². The molecule has 0 aliphatic rings. The fraction of sp³-hybridized carbons (Fsp3) is 0.167. The number of nitrogens with one attached hydrogen (secondary N) is 1. The van der Waals surface area contributed by atoms with Crippen molar-refractivity contribution in [3.63, 3.8) is 0 Å². The van der Waals surface area contributed by atoms with Crippen LogP contribution in [-0.4, -0.2) is 28.8 Å². The number of Topliss-reactive ketones (excluding diaryl/α,β-unsaturated/α-hetero) is 1. The van der Waals surface area contributed by atoms with Gasteiger partial charge in [-0.3, -0.25) is 9.59 Å². The summed E-state index contributed by atoms with van der Waals surface area (Å²) in [5.41, 5.74) is 2.53. The Bertz CT molecular complexity index is 1200. The van der Waals surface area contributed by atoms with Gasteiger partial charge in [0.15, 0.2) is 12.4 Å². The van der Waals surface area contributed by atoms with Gasteiger partial charge < -0.3 is 14.6 Å². The van der Waals surface area contributed by atoms with Gasteiger partial charge in [0, 0.05) is 40.8 Å². The predicted octanol–water partition coefficient (Wildman–Crippen LogP) is 3.95. The standard InChI is InChI=1S/C24H21N3O4/c1-17(28)19-7-2-4-9-21(19)26-23(29)16-31-24(30)12-11-18-15-27(14-6-13-25)22-10-5-3-8-20(18)22/h2-5,7-12,15H,6,14,16H2,1H3,(H,26,29)/b12-11+. The summed E-state index contributed by atoms with van der Waals surface area (Å²) in [6.07, 6.45) is 5.13. The smallest absolute Gasteiger partial charge is 0.331 e. The number of fused-ring (bicyclic) bond motifs is 1. The Kier molecular flexibility index (Phi) is 6.97. The Balaban J connectivity index is 1.62. The number of aryl methyl sites for hydroxylation is 1. The van der Waals surface area contributed by atoms with Crippen molar-refractivity contribution >= 4 is 40.3 Å². The molecule has 7 heteroatoms. The number of nitrogens with zero attached hydrogens (tertiary/aromatic N) is 2. The number of carbonyl (C=O) groups is 3. The number of esters is 1. The largest absolute Gasteiger partial charge is 0.452 e. The number of anilines is 1. The quantitative estimate of drug-likeness (QED) is 0.341. The van der Waals surface area contributed by atoms with Gasteiger partial charge in [-0.25, -0.2) is 4.79 Å². The van der Waals surface area contributed by atoms with E-state index in [9.17, 15) is 14.4 Å². The van der Waals surface area contributed by atoms with Crippen LogP contribution in [0.4, 0.5) is 5.69 Å². The van der Waals surface area contributed by atoms with Gasteiger partial charge in [-0.15, -0.1) is 0 Å². The Hall–Kier alpha value is -4.18. The number of aromatic nitrogens is 1. The van der Waals surface area contributed by atoms with E-state index in [0.717, 1.165) is 16.5 Å². The topological polar surface area (TPSA) is 101 Å². The molecule has 0 saturated carbocycles. The van der Waals surface area contributed by atoms with E-state index in [4.69, 9.17) is 10.00 Å². The van der Waals surface area contributed by atoms with Gasteiger partial charge in [-0.2, -0.15) is 5.26 Å². The molecule has 0 saturated heterocycles. The first-order chi connectivity index (χ1) is 15.0. The highest BCUT2D eigenvalue weighted by Crippen LogP contribution is 2.23. The Morgan fingerprint density at radius 3 is 2.65 bits per heavy atom. The number of carbonyl (C=O) groups excluding carboxylic acids is 3. The summed E-state index contributed by atoms with van der Waals surface area (Å²) in [6.45, 7) is 1.49. The first kappa shape index (κ1) is 21.5. The summed E-state index contributed by atoms with van der Waals surface area (Å²) in [4.78, 5) is 35.8. The third-order valence-electron chi connectivity index (χ3n) is 4.61. The van der Waals surface area contributed by atoms with E-state index in [2.05, 4.69) is 11.4 Å². The Morgan fingerprint density at radius 1 is 1.13 bits per heavy atom. The molecular formula is C24H21N3O4. The van der Waals surface area contributed by atoms with Crippen LogP contribution in [0.2, 0.25) is 0 Å². The number of ketones is 1. The number of nitriles is 1. The van der Waals surface area contributed by atoms with Crippen LogP contribution in [0.3, 0.4) is 0 Å². The normalized spacial score (nSPS) is 10.7. The average Bonchev–Trinajstić information content (AvgIpc) is 3.13. The van der Waals surface area contributed by atoms with Crippen LogP contribution < -0.4 is 5.32 Å². The Morgan fingerprint density at radius 2 is 1.87 bits per heavy atom. The number of amides is 1. The molecule has 0 atom stereocenters.